The highest BCUT2D eigenvalue weighted by molar-refractivity contribution is 6.35. The predicted molar refractivity (Wildman–Crippen MR) is 145 cm³/mol. The summed E-state index contributed by atoms with van der Waals surface area (Å²) < 4.78 is 16.6. The van der Waals surface area contributed by atoms with Crippen molar-refractivity contribution in [1.29, 1.82) is 0 Å². The number of morpholine rings is 1. The molecule has 2 aromatic carbocycles. The smallest absolute Gasteiger partial charge is 0.415 e. The number of benzene rings is 2. The van der Waals surface area contributed by atoms with Crippen molar-refractivity contribution in [3.63, 3.8) is 0 Å². The van der Waals surface area contributed by atoms with Crippen molar-refractivity contribution in [2.75, 3.05) is 32.0 Å². The van der Waals surface area contributed by atoms with E-state index in [2.05, 4.69) is 10.3 Å². The Morgan fingerprint density at radius 2 is 1.87 bits per heavy atom. The molecular formula is C28H25ClN4O5. The minimum Gasteiger partial charge on any atom is -0.458 e. The van der Waals surface area contributed by atoms with Crippen molar-refractivity contribution in [1.82, 2.24) is 15.2 Å². The maximum absolute atomic E-state index is 12.3. The summed E-state index contributed by atoms with van der Waals surface area (Å²) in [5.41, 5.74) is 8.66. The van der Waals surface area contributed by atoms with Gasteiger partial charge in [0.25, 0.3) is 0 Å². The molecule has 2 aromatic heterocycles. The van der Waals surface area contributed by atoms with Gasteiger partial charge in [0.05, 0.1) is 24.8 Å². The van der Waals surface area contributed by atoms with Gasteiger partial charge in [0.2, 0.25) is 5.91 Å². The van der Waals surface area contributed by atoms with Crippen LogP contribution in [0.3, 0.4) is 0 Å². The lowest BCUT2D eigenvalue weighted by molar-refractivity contribution is -0.116. The van der Waals surface area contributed by atoms with Gasteiger partial charge >= 0.3 is 6.09 Å². The summed E-state index contributed by atoms with van der Waals surface area (Å²) in [7, 11) is 0. The highest BCUT2D eigenvalue weighted by atomic mass is 35.5. The Morgan fingerprint density at radius 3 is 2.61 bits per heavy atom. The van der Waals surface area contributed by atoms with E-state index in [0.29, 0.717) is 54.2 Å². The zero-order chi connectivity index (χ0) is 26.5. The van der Waals surface area contributed by atoms with E-state index in [1.54, 1.807) is 41.4 Å². The summed E-state index contributed by atoms with van der Waals surface area (Å²) in [6.07, 6.45) is 4.27. The van der Waals surface area contributed by atoms with Crippen LogP contribution < -0.4 is 15.8 Å². The van der Waals surface area contributed by atoms with E-state index < -0.39 is 0 Å². The first-order chi connectivity index (χ1) is 18.4. The summed E-state index contributed by atoms with van der Waals surface area (Å²) in [4.78, 5) is 30.1. The number of halogens is 1. The molecule has 0 aliphatic carbocycles. The van der Waals surface area contributed by atoms with Gasteiger partial charge in [-0.1, -0.05) is 23.7 Å². The molecule has 38 heavy (non-hydrogen) atoms. The van der Waals surface area contributed by atoms with Gasteiger partial charge in [-0.25, -0.2) is 9.78 Å². The molecule has 0 atom stereocenters. The van der Waals surface area contributed by atoms with Gasteiger partial charge in [0, 0.05) is 30.7 Å². The number of anilines is 1. The number of furan rings is 1. The summed E-state index contributed by atoms with van der Waals surface area (Å²) in [5.74, 6) is 1.17. The molecule has 0 unspecified atom stereocenters. The van der Waals surface area contributed by atoms with Crippen molar-refractivity contribution in [3.8, 4) is 16.9 Å². The number of pyridine rings is 1. The Hall–Kier alpha value is -4.34. The van der Waals surface area contributed by atoms with Crippen LogP contribution in [-0.2, 0) is 16.1 Å². The molecule has 1 fully saturated rings. The normalized spacial score (nSPS) is 13.7. The van der Waals surface area contributed by atoms with Crippen molar-refractivity contribution < 1.29 is 23.5 Å². The van der Waals surface area contributed by atoms with E-state index in [1.807, 2.05) is 30.3 Å². The molecule has 5 rings (SSSR count). The number of hydrogen-bond donors (Lipinski definition) is 2. The molecule has 3 N–H and O–H groups in total. The molecule has 0 spiro atoms. The Balaban J connectivity index is 1.23. The van der Waals surface area contributed by atoms with Crippen LogP contribution in [0.2, 0.25) is 5.02 Å². The second-order valence-electron chi connectivity index (χ2n) is 8.65. The lowest BCUT2D eigenvalue weighted by Crippen LogP contribution is -2.42. The second kappa shape index (κ2) is 11.4. The number of nitrogens with one attached hydrogen (secondary N) is 1. The minimum absolute atomic E-state index is 0.201. The first kappa shape index (κ1) is 25.3. The molecule has 2 amide bonds. The highest BCUT2D eigenvalue weighted by Crippen LogP contribution is 2.33. The number of rotatable bonds is 6. The number of hydrogen-bond acceptors (Lipinski definition) is 7. The van der Waals surface area contributed by atoms with E-state index in [1.165, 1.54) is 6.08 Å². The quantitative estimate of drug-likeness (QED) is 0.339. The van der Waals surface area contributed by atoms with Crippen LogP contribution in [0, 0.1) is 0 Å². The molecule has 1 aliphatic rings. The number of nitrogen functional groups attached to an aromatic ring is 1. The monoisotopic (exact) mass is 532 g/mol. The number of carbonyl (C=O) groups is 2. The molecule has 9 nitrogen and oxygen atoms in total. The van der Waals surface area contributed by atoms with Gasteiger partial charge in [-0.3, -0.25) is 4.79 Å². The Morgan fingerprint density at radius 1 is 1.08 bits per heavy atom. The molecule has 0 bridgehead atoms. The Labute approximate surface area is 223 Å². The number of ether oxygens (including phenoxy) is 2. The van der Waals surface area contributed by atoms with Crippen LogP contribution in [0.15, 0.2) is 71.3 Å². The number of amides is 2. The molecule has 3 heterocycles. The van der Waals surface area contributed by atoms with Gasteiger partial charge in [0.1, 0.15) is 17.3 Å². The summed E-state index contributed by atoms with van der Waals surface area (Å²) in [6, 6.07) is 16.3. The molecule has 0 saturated carbocycles. The second-order valence-corrected chi connectivity index (χ2v) is 9.06. The molecule has 4 aromatic rings. The fourth-order valence-corrected chi connectivity index (χ4v) is 4.23. The van der Waals surface area contributed by atoms with Gasteiger partial charge in [-0.15, -0.1) is 0 Å². The fourth-order valence-electron chi connectivity index (χ4n) is 3.96. The molecular weight excluding hydrogens is 508 g/mol. The first-order valence-corrected chi connectivity index (χ1v) is 12.4. The van der Waals surface area contributed by atoms with E-state index >= 15 is 0 Å². The zero-order valence-corrected chi connectivity index (χ0v) is 21.1. The maximum Gasteiger partial charge on any atom is 0.415 e. The zero-order valence-electron chi connectivity index (χ0n) is 20.4. The van der Waals surface area contributed by atoms with Crippen LogP contribution >= 0.6 is 11.6 Å². The lowest BCUT2D eigenvalue weighted by Gasteiger charge is -2.25. The summed E-state index contributed by atoms with van der Waals surface area (Å²) in [6.45, 7) is 2.26. The first-order valence-electron chi connectivity index (χ1n) is 12.0. The van der Waals surface area contributed by atoms with Crippen molar-refractivity contribution >= 4 is 46.5 Å². The molecule has 1 aliphatic heterocycles. The lowest BCUT2D eigenvalue weighted by atomic mass is 10.0. The van der Waals surface area contributed by atoms with Crippen LogP contribution in [0.5, 0.6) is 5.75 Å². The standard InChI is InChI=1S/C28H25ClN4O5/c29-24-15-20(19-3-5-22(6-4-19)38-28(35)33-9-11-36-12-10-33)13-21-14-23(37-27(21)24)17-32-26(34)8-2-18-1-7-25(30)31-16-18/h1-8,13-16H,9-12,17H2,(H2,30,31)(H,32,34)/b8-2+. The summed E-state index contributed by atoms with van der Waals surface area (Å²) >= 11 is 6.51. The molecule has 194 valence electrons. The Bertz CT molecular complexity index is 1480. The van der Waals surface area contributed by atoms with E-state index in [-0.39, 0.29) is 18.5 Å². The average Bonchev–Trinajstić information content (AvgIpc) is 3.36. The van der Waals surface area contributed by atoms with Gasteiger partial charge in [0.15, 0.2) is 5.58 Å². The topological polar surface area (TPSA) is 120 Å². The third-order valence-electron chi connectivity index (χ3n) is 5.96. The molecule has 1 saturated heterocycles. The fraction of sp³-hybridized carbons (Fsp3) is 0.179. The summed E-state index contributed by atoms with van der Waals surface area (Å²) in [5, 5.41) is 4.05. The van der Waals surface area contributed by atoms with Crippen molar-refractivity contribution in [2.24, 2.45) is 0 Å². The highest BCUT2D eigenvalue weighted by Gasteiger charge is 2.19. The molecule has 0 radical (unpaired) electrons. The van der Waals surface area contributed by atoms with E-state index in [0.717, 1.165) is 22.1 Å². The number of aromatic nitrogens is 1. The third-order valence-corrected chi connectivity index (χ3v) is 6.24. The largest absolute Gasteiger partial charge is 0.458 e. The number of nitrogens with two attached hydrogens (primary N) is 1. The third kappa shape index (κ3) is 6.13. The average molecular weight is 533 g/mol. The van der Waals surface area contributed by atoms with Gasteiger partial charge < -0.3 is 29.8 Å². The minimum atomic E-state index is -0.388. The van der Waals surface area contributed by atoms with Crippen LogP contribution in [-0.4, -0.2) is 48.2 Å². The number of fused-ring (bicyclic) bond motifs is 1. The van der Waals surface area contributed by atoms with Crippen LogP contribution in [0.4, 0.5) is 10.6 Å². The predicted octanol–water partition coefficient (Wildman–Crippen LogP) is 4.89. The van der Waals surface area contributed by atoms with Gasteiger partial charge in [-0.2, -0.15) is 0 Å². The Kier molecular flexibility index (Phi) is 7.57. The van der Waals surface area contributed by atoms with Crippen molar-refractivity contribution in [2.45, 2.75) is 6.54 Å². The van der Waals surface area contributed by atoms with Crippen molar-refractivity contribution in [3.05, 3.63) is 83.2 Å². The van der Waals surface area contributed by atoms with Crippen LogP contribution in [0.25, 0.3) is 28.2 Å². The number of carbonyl (C=O) groups excluding carboxylic acids is 2. The maximum atomic E-state index is 12.3. The van der Waals surface area contributed by atoms with E-state index in [9.17, 15) is 9.59 Å². The van der Waals surface area contributed by atoms with Crippen LogP contribution in [0.1, 0.15) is 11.3 Å². The number of nitrogens with zero attached hydrogens (tertiary/aromatic N) is 2. The van der Waals surface area contributed by atoms with E-state index in [4.69, 9.17) is 31.2 Å². The SMILES string of the molecule is Nc1ccc(/C=C/C(=O)NCc2cc3cc(-c4ccc(OC(=O)N5CCOCC5)cc4)cc(Cl)c3o2)cn1. The molecule has 10 heteroatoms. The van der Waals surface area contributed by atoms with Gasteiger partial charge in [-0.05, 0) is 65.2 Å².